The predicted octanol–water partition coefficient (Wildman–Crippen LogP) is 1.96. The quantitative estimate of drug-likeness (QED) is 0.496. The molecule has 0 unspecified atom stereocenters. The van der Waals surface area contributed by atoms with E-state index in [4.69, 9.17) is 9.52 Å². The average Bonchev–Trinajstić information content (AvgIpc) is 2.89. The predicted molar refractivity (Wildman–Crippen MR) is 69.0 cm³/mol. The summed E-state index contributed by atoms with van der Waals surface area (Å²) >= 11 is 0. The normalized spacial score (nSPS) is 11.4. The highest BCUT2D eigenvalue weighted by Crippen LogP contribution is 2.19. The number of nitrogens with zero attached hydrogens (tertiary/aromatic N) is 1. The van der Waals surface area contributed by atoms with Gasteiger partial charge in [0.25, 0.3) is 5.78 Å². The van der Waals surface area contributed by atoms with Crippen LogP contribution in [0.1, 0.15) is 17.0 Å². The Morgan fingerprint density at radius 2 is 1.90 bits per heavy atom. The van der Waals surface area contributed by atoms with Crippen LogP contribution in [0.3, 0.4) is 0 Å². The summed E-state index contributed by atoms with van der Waals surface area (Å²) in [5, 5.41) is 18.2. The number of ketones is 1. The van der Waals surface area contributed by atoms with E-state index in [1.807, 2.05) is 0 Å². The molecule has 6 nitrogen and oxygen atoms in total. The third-order valence-electron chi connectivity index (χ3n) is 2.64. The number of aromatic nitrogens is 1. The Hall–Kier alpha value is -2.96. The SMILES string of the molecule is O=C(O)C(=O)/C=C(\O)c1ncoc1Cc1ccc(F)cc1. The Bertz CT molecular complexity index is 702. The van der Waals surface area contributed by atoms with Crippen molar-refractivity contribution in [3.63, 3.8) is 0 Å². The molecule has 0 radical (unpaired) electrons. The van der Waals surface area contributed by atoms with Gasteiger partial charge in [-0.1, -0.05) is 12.1 Å². The summed E-state index contributed by atoms with van der Waals surface area (Å²) in [5.74, 6) is -3.72. The maximum Gasteiger partial charge on any atom is 0.376 e. The molecule has 0 atom stereocenters. The maximum atomic E-state index is 12.8. The van der Waals surface area contributed by atoms with Gasteiger partial charge in [0.05, 0.1) is 0 Å². The van der Waals surface area contributed by atoms with Gasteiger partial charge in [0.15, 0.2) is 6.39 Å². The van der Waals surface area contributed by atoms with Gasteiger partial charge in [0, 0.05) is 12.5 Å². The highest BCUT2D eigenvalue weighted by Gasteiger charge is 2.16. The lowest BCUT2D eigenvalue weighted by molar-refractivity contribution is -0.146. The second-order valence-corrected chi connectivity index (χ2v) is 4.13. The summed E-state index contributed by atoms with van der Waals surface area (Å²) in [7, 11) is 0. The van der Waals surface area contributed by atoms with Gasteiger partial charge in [0.1, 0.15) is 23.0 Å². The van der Waals surface area contributed by atoms with Crippen molar-refractivity contribution in [3.8, 4) is 0 Å². The van der Waals surface area contributed by atoms with Crippen molar-refractivity contribution < 1.29 is 28.6 Å². The number of benzene rings is 1. The summed E-state index contributed by atoms with van der Waals surface area (Å²) in [5.41, 5.74) is 0.667. The monoisotopic (exact) mass is 291 g/mol. The van der Waals surface area contributed by atoms with Gasteiger partial charge in [-0.25, -0.2) is 14.2 Å². The van der Waals surface area contributed by atoms with Crippen LogP contribution in [0, 0.1) is 5.82 Å². The van der Waals surface area contributed by atoms with E-state index in [1.165, 1.54) is 24.3 Å². The number of aliphatic hydroxyl groups is 1. The van der Waals surface area contributed by atoms with E-state index in [-0.39, 0.29) is 23.7 Å². The minimum atomic E-state index is -1.69. The van der Waals surface area contributed by atoms with Crippen molar-refractivity contribution in [1.29, 1.82) is 0 Å². The van der Waals surface area contributed by atoms with Crippen LogP contribution in [-0.4, -0.2) is 26.9 Å². The molecule has 2 aromatic rings. The lowest BCUT2D eigenvalue weighted by Gasteiger charge is -2.01. The summed E-state index contributed by atoms with van der Waals surface area (Å²) in [6.07, 6.45) is 1.81. The van der Waals surface area contributed by atoms with E-state index in [9.17, 15) is 19.1 Å². The first-order chi connectivity index (χ1) is 9.97. The third kappa shape index (κ3) is 3.53. The van der Waals surface area contributed by atoms with Crippen LogP contribution >= 0.6 is 0 Å². The zero-order chi connectivity index (χ0) is 15.4. The van der Waals surface area contributed by atoms with Crippen molar-refractivity contribution >= 4 is 17.5 Å². The van der Waals surface area contributed by atoms with E-state index in [0.29, 0.717) is 11.6 Å². The summed E-state index contributed by atoms with van der Waals surface area (Å²) in [4.78, 5) is 25.2. The zero-order valence-electron chi connectivity index (χ0n) is 10.6. The smallest absolute Gasteiger partial charge is 0.376 e. The number of aliphatic carboxylic acids is 1. The number of aliphatic hydroxyl groups excluding tert-OH is 1. The summed E-state index contributed by atoms with van der Waals surface area (Å²) in [6.45, 7) is 0. The van der Waals surface area contributed by atoms with Gasteiger partial charge in [-0.2, -0.15) is 0 Å². The second kappa shape index (κ2) is 6.00. The molecule has 1 aromatic carbocycles. The van der Waals surface area contributed by atoms with Gasteiger partial charge >= 0.3 is 5.97 Å². The molecule has 0 aliphatic carbocycles. The van der Waals surface area contributed by atoms with Crippen molar-refractivity contribution in [2.45, 2.75) is 6.42 Å². The molecule has 0 bridgehead atoms. The molecule has 0 fully saturated rings. The van der Waals surface area contributed by atoms with E-state index >= 15 is 0 Å². The van der Waals surface area contributed by atoms with Crippen molar-refractivity contribution in [1.82, 2.24) is 4.98 Å². The Labute approximate surface area is 118 Å². The fourth-order valence-corrected chi connectivity index (χ4v) is 1.65. The van der Waals surface area contributed by atoms with Crippen LogP contribution < -0.4 is 0 Å². The molecule has 21 heavy (non-hydrogen) atoms. The minimum Gasteiger partial charge on any atom is -0.505 e. The first-order valence-electron chi connectivity index (χ1n) is 5.82. The van der Waals surface area contributed by atoms with Crippen molar-refractivity contribution in [3.05, 3.63) is 59.6 Å². The molecule has 0 spiro atoms. The van der Waals surface area contributed by atoms with Gasteiger partial charge in [-0.3, -0.25) is 4.79 Å². The zero-order valence-corrected chi connectivity index (χ0v) is 10.6. The Kier molecular flexibility index (Phi) is 4.13. The van der Waals surface area contributed by atoms with E-state index in [1.54, 1.807) is 0 Å². The van der Waals surface area contributed by atoms with Crippen molar-refractivity contribution in [2.24, 2.45) is 0 Å². The van der Waals surface area contributed by atoms with Crippen LogP contribution in [-0.2, 0) is 16.0 Å². The van der Waals surface area contributed by atoms with E-state index in [0.717, 1.165) is 6.39 Å². The van der Waals surface area contributed by atoms with E-state index in [2.05, 4.69) is 4.98 Å². The van der Waals surface area contributed by atoms with Crippen molar-refractivity contribution in [2.75, 3.05) is 0 Å². The molecule has 0 saturated heterocycles. The molecule has 0 aliphatic rings. The van der Waals surface area contributed by atoms with Crippen LogP contribution in [0.2, 0.25) is 0 Å². The standard InChI is InChI=1S/C14H10FNO5/c15-9-3-1-8(2-4-9)5-12-13(16-7-21-12)10(17)6-11(18)14(19)20/h1-4,6-7,17H,5H2,(H,19,20)/b10-6-. The van der Waals surface area contributed by atoms with Gasteiger partial charge in [-0.05, 0) is 17.7 Å². The van der Waals surface area contributed by atoms with Gasteiger partial charge in [0.2, 0.25) is 0 Å². The average molecular weight is 291 g/mol. The first-order valence-corrected chi connectivity index (χ1v) is 5.82. The fourth-order valence-electron chi connectivity index (χ4n) is 1.65. The molecule has 0 aliphatic heterocycles. The summed E-state index contributed by atoms with van der Waals surface area (Å²) in [6, 6.07) is 5.61. The molecular formula is C14H10FNO5. The second-order valence-electron chi connectivity index (χ2n) is 4.13. The third-order valence-corrected chi connectivity index (χ3v) is 2.64. The highest BCUT2D eigenvalue weighted by atomic mass is 19.1. The number of hydrogen-bond donors (Lipinski definition) is 2. The van der Waals surface area contributed by atoms with E-state index < -0.39 is 17.5 Å². The Balaban J connectivity index is 2.24. The number of carbonyl (C=O) groups excluding carboxylic acids is 1. The Morgan fingerprint density at radius 3 is 2.52 bits per heavy atom. The summed E-state index contributed by atoms with van der Waals surface area (Å²) < 4.78 is 17.9. The number of hydrogen-bond acceptors (Lipinski definition) is 5. The topological polar surface area (TPSA) is 101 Å². The molecule has 7 heteroatoms. The van der Waals surface area contributed by atoms with Crippen LogP contribution in [0.4, 0.5) is 4.39 Å². The number of oxazole rings is 1. The molecule has 0 saturated carbocycles. The molecule has 2 N–H and O–H groups in total. The molecule has 108 valence electrons. The highest BCUT2D eigenvalue weighted by molar-refractivity contribution is 6.38. The molecule has 1 heterocycles. The number of carboxylic acid groups (broad SMARTS) is 1. The van der Waals surface area contributed by atoms with Gasteiger partial charge in [-0.15, -0.1) is 0 Å². The lowest BCUT2D eigenvalue weighted by Crippen LogP contribution is -2.09. The van der Waals surface area contributed by atoms with Gasteiger partial charge < -0.3 is 14.6 Å². The Morgan fingerprint density at radius 1 is 1.24 bits per heavy atom. The lowest BCUT2D eigenvalue weighted by atomic mass is 10.1. The maximum absolute atomic E-state index is 12.8. The molecular weight excluding hydrogens is 281 g/mol. The number of halogens is 1. The van der Waals surface area contributed by atoms with Crippen LogP contribution in [0.25, 0.3) is 5.76 Å². The number of carboxylic acids is 1. The van der Waals surface area contributed by atoms with Crippen LogP contribution in [0.15, 0.2) is 41.2 Å². The largest absolute Gasteiger partial charge is 0.505 e. The molecule has 1 aromatic heterocycles. The molecule has 2 rings (SSSR count). The number of carbonyl (C=O) groups is 2. The fraction of sp³-hybridized carbons (Fsp3) is 0.0714. The minimum absolute atomic E-state index is 0.0334. The number of rotatable bonds is 5. The first kappa shape index (κ1) is 14.4. The molecule has 0 amide bonds. The van der Waals surface area contributed by atoms with Crippen LogP contribution in [0.5, 0.6) is 0 Å².